The third-order valence-corrected chi connectivity index (χ3v) is 3.42. The summed E-state index contributed by atoms with van der Waals surface area (Å²) in [6.45, 7) is 5.09. The zero-order valence-corrected chi connectivity index (χ0v) is 13.4. The van der Waals surface area contributed by atoms with Crippen LogP contribution in [0.25, 0.3) is 0 Å². The van der Waals surface area contributed by atoms with Crippen LogP contribution in [0.15, 0.2) is 24.5 Å². The molecule has 0 aliphatic carbocycles. The number of hydrogen-bond acceptors (Lipinski definition) is 4. The van der Waals surface area contributed by atoms with Gasteiger partial charge in [-0.05, 0) is 37.6 Å². The molecular formula is C15H22N6O. The minimum atomic E-state index is -0.258. The molecule has 22 heavy (non-hydrogen) atoms. The molecular weight excluding hydrogens is 280 g/mol. The summed E-state index contributed by atoms with van der Waals surface area (Å²) in [6.07, 6.45) is 1.65. The lowest BCUT2D eigenvalue weighted by molar-refractivity contribution is 0.251. The first-order valence-electron chi connectivity index (χ1n) is 7.20. The van der Waals surface area contributed by atoms with Crippen LogP contribution in [0.5, 0.6) is 0 Å². The van der Waals surface area contributed by atoms with Crippen molar-refractivity contribution in [2.75, 3.05) is 24.3 Å². The lowest BCUT2D eigenvalue weighted by Crippen LogP contribution is -2.29. The van der Waals surface area contributed by atoms with Gasteiger partial charge in [-0.2, -0.15) is 0 Å². The smallest absolute Gasteiger partial charge is 0.319 e. The van der Waals surface area contributed by atoms with Crippen LogP contribution >= 0.6 is 0 Å². The number of benzene rings is 1. The standard InChI is InChI=1S/C15H22N6O/c1-5-21-10-17-19-14(21)9-16-15(22)18-13-7-6-12(20(3)4)8-11(13)2/h6-8,10H,5,9H2,1-4H3,(H2,16,18,22). The number of amides is 2. The maximum atomic E-state index is 12.0. The first kappa shape index (κ1) is 15.8. The molecule has 2 amide bonds. The van der Waals surface area contributed by atoms with Crippen molar-refractivity contribution >= 4 is 17.4 Å². The molecule has 2 rings (SSSR count). The Bertz CT molecular complexity index is 649. The fourth-order valence-electron chi connectivity index (χ4n) is 2.07. The largest absolute Gasteiger partial charge is 0.378 e. The van der Waals surface area contributed by atoms with E-state index in [0.29, 0.717) is 6.54 Å². The Morgan fingerprint density at radius 2 is 2.14 bits per heavy atom. The van der Waals surface area contributed by atoms with Crippen LogP contribution < -0.4 is 15.5 Å². The van der Waals surface area contributed by atoms with Gasteiger partial charge in [0.25, 0.3) is 0 Å². The highest BCUT2D eigenvalue weighted by atomic mass is 16.2. The minimum Gasteiger partial charge on any atom is -0.378 e. The van der Waals surface area contributed by atoms with Gasteiger partial charge in [-0.15, -0.1) is 10.2 Å². The number of nitrogens with zero attached hydrogens (tertiary/aromatic N) is 4. The van der Waals surface area contributed by atoms with Gasteiger partial charge in [-0.1, -0.05) is 0 Å². The van der Waals surface area contributed by atoms with Gasteiger partial charge in [0.05, 0.1) is 6.54 Å². The van der Waals surface area contributed by atoms with E-state index in [1.165, 1.54) is 0 Å². The van der Waals surface area contributed by atoms with Crippen molar-refractivity contribution in [2.24, 2.45) is 0 Å². The lowest BCUT2D eigenvalue weighted by Gasteiger charge is -2.15. The predicted octanol–water partition coefficient (Wildman–Crippen LogP) is 1.99. The summed E-state index contributed by atoms with van der Waals surface area (Å²) in [5.74, 6) is 0.734. The Labute approximate surface area is 130 Å². The molecule has 0 aliphatic heterocycles. The minimum absolute atomic E-state index is 0.258. The SMILES string of the molecule is CCn1cnnc1CNC(=O)Nc1ccc(N(C)C)cc1C. The maximum absolute atomic E-state index is 12.0. The van der Waals surface area contributed by atoms with Gasteiger partial charge < -0.3 is 20.1 Å². The predicted molar refractivity (Wildman–Crippen MR) is 87.1 cm³/mol. The van der Waals surface area contributed by atoms with E-state index in [4.69, 9.17) is 0 Å². The highest BCUT2D eigenvalue weighted by Gasteiger charge is 2.08. The van der Waals surface area contributed by atoms with Crippen LogP contribution in [0.3, 0.4) is 0 Å². The van der Waals surface area contributed by atoms with Gasteiger partial charge in [0.1, 0.15) is 6.33 Å². The Morgan fingerprint density at radius 1 is 1.36 bits per heavy atom. The number of carbonyl (C=O) groups is 1. The average Bonchev–Trinajstić information content (AvgIpc) is 2.94. The Balaban J connectivity index is 1.95. The molecule has 0 fully saturated rings. The summed E-state index contributed by atoms with van der Waals surface area (Å²) >= 11 is 0. The van der Waals surface area contributed by atoms with E-state index in [1.54, 1.807) is 6.33 Å². The van der Waals surface area contributed by atoms with Crippen molar-refractivity contribution in [1.29, 1.82) is 0 Å². The molecule has 0 atom stereocenters. The number of rotatable bonds is 5. The Hall–Kier alpha value is -2.57. The van der Waals surface area contributed by atoms with Crippen LogP contribution in [0.2, 0.25) is 0 Å². The van der Waals surface area contributed by atoms with Crippen molar-refractivity contribution in [3.8, 4) is 0 Å². The van der Waals surface area contributed by atoms with Gasteiger partial charge in [0.2, 0.25) is 0 Å². The molecule has 7 heteroatoms. The number of aryl methyl sites for hydroxylation is 2. The highest BCUT2D eigenvalue weighted by Crippen LogP contribution is 2.21. The van der Waals surface area contributed by atoms with Gasteiger partial charge in [-0.25, -0.2) is 4.79 Å². The van der Waals surface area contributed by atoms with Crippen molar-refractivity contribution < 1.29 is 4.79 Å². The summed E-state index contributed by atoms with van der Waals surface area (Å²) < 4.78 is 1.89. The average molecular weight is 302 g/mol. The summed E-state index contributed by atoms with van der Waals surface area (Å²) in [6, 6.07) is 5.64. The van der Waals surface area contributed by atoms with Crippen molar-refractivity contribution in [1.82, 2.24) is 20.1 Å². The molecule has 2 N–H and O–H groups in total. The lowest BCUT2D eigenvalue weighted by atomic mass is 10.1. The Morgan fingerprint density at radius 3 is 2.77 bits per heavy atom. The fourth-order valence-corrected chi connectivity index (χ4v) is 2.07. The van der Waals surface area contributed by atoms with E-state index >= 15 is 0 Å². The van der Waals surface area contributed by atoms with Gasteiger partial charge in [-0.3, -0.25) is 0 Å². The van der Waals surface area contributed by atoms with E-state index < -0.39 is 0 Å². The van der Waals surface area contributed by atoms with Crippen molar-refractivity contribution in [3.63, 3.8) is 0 Å². The van der Waals surface area contributed by atoms with Crippen molar-refractivity contribution in [2.45, 2.75) is 26.9 Å². The molecule has 0 saturated carbocycles. The first-order valence-corrected chi connectivity index (χ1v) is 7.20. The van der Waals surface area contributed by atoms with Crippen LogP contribution in [0.1, 0.15) is 18.3 Å². The molecule has 0 aliphatic rings. The molecule has 0 spiro atoms. The number of carbonyl (C=O) groups excluding carboxylic acids is 1. The van der Waals surface area contributed by atoms with Gasteiger partial charge >= 0.3 is 6.03 Å². The normalized spacial score (nSPS) is 10.4. The second-order valence-electron chi connectivity index (χ2n) is 5.23. The third-order valence-electron chi connectivity index (χ3n) is 3.42. The molecule has 0 unspecified atom stereocenters. The van der Waals surface area contributed by atoms with Crippen LogP contribution in [0.4, 0.5) is 16.2 Å². The zero-order chi connectivity index (χ0) is 16.1. The molecule has 0 saturated heterocycles. The maximum Gasteiger partial charge on any atom is 0.319 e. The molecule has 1 aromatic carbocycles. The van der Waals surface area contributed by atoms with Gasteiger partial charge in [0.15, 0.2) is 5.82 Å². The number of hydrogen-bond donors (Lipinski definition) is 2. The van der Waals surface area contributed by atoms with E-state index in [0.717, 1.165) is 29.3 Å². The van der Waals surface area contributed by atoms with Gasteiger partial charge in [0, 0.05) is 32.0 Å². The van der Waals surface area contributed by atoms with Crippen molar-refractivity contribution in [3.05, 3.63) is 35.9 Å². The number of nitrogens with one attached hydrogen (secondary N) is 2. The summed E-state index contributed by atoms with van der Waals surface area (Å²) in [4.78, 5) is 14.0. The monoisotopic (exact) mass is 302 g/mol. The zero-order valence-electron chi connectivity index (χ0n) is 13.4. The van der Waals surface area contributed by atoms with E-state index in [2.05, 4.69) is 20.8 Å². The van der Waals surface area contributed by atoms with E-state index in [-0.39, 0.29) is 6.03 Å². The molecule has 118 valence electrons. The molecule has 2 aromatic rings. The highest BCUT2D eigenvalue weighted by molar-refractivity contribution is 5.90. The van der Waals surface area contributed by atoms with Crippen LogP contribution in [-0.4, -0.2) is 34.9 Å². The number of urea groups is 1. The second-order valence-corrected chi connectivity index (χ2v) is 5.23. The first-order chi connectivity index (χ1) is 10.5. The summed E-state index contributed by atoms with van der Waals surface area (Å²) in [5, 5.41) is 13.5. The fraction of sp³-hybridized carbons (Fsp3) is 0.400. The Kier molecular flexibility index (Phi) is 4.98. The molecule has 0 radical (unpaired) electrons. The second kappa shape index (κ2) is 6.93. The summed E-state index contributed by atoms with van der Waals surface area (Å²) in [7, 11) is 3.97. The molecule has 7 nitrogen and oxygen atoms in total. The number of anilines is 2. The molecule has 1 heterocycles. The molecule has 1 aromatic heterocycles. The summed E-state index contributed by atoms with van der Waals surface area (Å²) in [5.41, 5.74) is 2.90. The topological polar surface area (TPSA) is 75.1 Å². The molecule has 0 bridgehead atoms. The number of aromatic nitrogens is 3. The van der Waals surface area contributed by atoms with E-state index in [1.807, 2.05) is 55.6 Å². The third kappa shape index (κ3) is 3.75. The van der Waals surface area contributed by atoms with Crippen LogP contribution in [0, 0.1) is 6.92 Å². The van der Waals surface area contributed by atoms with Crippen LogP contribution in [-0.2, 0) is 13.1 Å². The van der Waals surface area contributed by atoms with E-state index in [9.17, 15) is 4.79 Å². The quantitative estimate of drug-likeness (QED) is 0.886.